The molecule has 1 aromatic rings. The summed E-state index contributed by atoms with van der Waals surface area (Å²) in [6, 6.07) is 3.53. The van der Waals surface area contributed by atoms with E-state index in [0.717, 1.165) is 4.88 Å². The van der Waals surface area contributed by atoms with Crippen LogP contribution in [0.25, 0.3) is 10.4 Å². The molecule has 5 nitrogen and oxygen atoms in total. The number of azide groups is 1. The van der Waals surface area contributed by atoms with Gasteiger partial charge in [0.15, 0.2) is 0 Å². The van der Waals surface area contributed by atoms with Crippen LogP contribution in [-0.4, -0.2) is 12.5 Å². The van der Waals surface area contributed by atoms with Gasteiger partial charge in [-0.3, -0.25) is 4.79 Å². The number of hydrogen-bond donors (Lipinski definition) is 1. The summed E-state index contributed by atoms with van der Waals surface area (Å²) in [7, 11) is 0. The van der Waals surface area contributed by atoms with Crippen LogP contribution in [-0.2, 0) is 6.54 Å². The minimum Gasteiger partial charge on any atom is -0.352 e. The highest BCUT2D eigenvalue weighted by Gasteiger charge is 2.06. The Morgan fingerprint density at radius 3 is 3.14 bits per heavy atom. The van der Waals surface area contributed by atoms with Gasteiger partial charge >= 0.3 is 0 Å². The van der Waals surface area contributed by atoms with Gasteiger partial charge in [-0.15, -0.1) is 11.3 Å². The number of rotatable bonds is 4. The van der Waals surface area contributed by atoms with Crippen LogP contribution >= 0.6 is 11.3 Å². The van der Waals surface area contributed by atoms with Gasteiger partial charge in [-0.25, -0.2) is 0 Å². The number of carbonyl (C=O) groups excluding carboxylic acids is 1. The van der Waals surface area contributed by atoms with Crippen molar-refractivity contribution in [2.24, 2.45) is 5.11 Å². The molecule has 0 aliphatic carbocycles. The Labute approximate surface area is 85.4 Å². The molecule has 1 N–H and O–H groups in total. The molecule has 1 aromatic heterocycles. The highest BCUT2D eigenvalue weighted by Crippen LogP contribution is 2.17. The van der Waals surface area contributed by atoms with Crippen LogP contribution in [0.5, 0.6) is 0 Å². The van der Waals surface area contributed by atoms with E-state index in [4.69, 9.17) is 5.53 Å². The third-order valence-corrected chi connectivity index (χ3v) is 2.58. The first-order valence-electron chi connectivity index (χ1n) is 4.15. The number of carbonyl (C=O) groups is 1. The van der Waals surface area contributed by atoms with Crippen LogP contribution in [0.4, 0.5) is 0 Å². The second-order valence-electron chi connectivity index (χ2n) is 2.51. The van der Waals surface area contributed by atoms with Gasteiger partial charge < -0.3 is 5.32 Å². The third-order valence-electron chi connectivity index (χ3n) is 1.51. The van der Waals surface area contributed by atoms with Gasteiger partial charge in [-0.2, -0.15) is 0 Å². The van der Waals surface area contributed by atoms with E-state index in [1.807, 2.05) is 6.92 Å². The lowest BCUT2D eigenvalue weighted by Crippen LogP contribution is -2.21. The zero-order valence-corrected chi connectivity index (χ0v) is 8.54. The molecule has 74 valence electrons. The Kier molecular flexibility index (Phi) is 3.97. The lowest BCUT2D eigenvalue weighted by Gasteiger charge is -1.96. The first-order valence-corrected chi connectivity index (χ1v) is 4.97. The van der Waals surface area contributed by atoms with Gasteiger partial charge in [0.1, 0.15) is 0 Å². The van der Waals surface area contributed by atoms with Gasteiger partial charge in [-0.1, -0.05) is 5.11 Å². The average molecular weight is 210 g/mol. The summed E-state index contributed by atoms with van der Waals surface area (Å²) < 4.78 is 0. The van der Waals surface area contributed by atoms with E-state index in [-0.39, 0.29) is 5.91 Å². The molecule has 0 bridgehead atoms. The molecule has 0 fully saturated rings. The van der Waals surface area contributed by atoms with Crippen molar-refractivity contribution in [2.45, 2.75) is 13.5 Å². The SMILES string of the molecule is CCNC(=O)c1ccc(CN=[N+]=[N-])s1. The van der Waals surface area contributed by atoms with Crippen molar-refractivity contribution in [3.05, 3.63) is 32.3 Å². The monoisotopic (exact) mass is 210 g/mol. The lowest BCUT2D eigenvalue weighted by atomic mass is 10.4. The molecule has 0 unspecified atom stereocenters. The number of hydrogen-bond acceptors (Lipinski definition) is 3. The summed E-state index contributed by atoms with van der Waals surface area (Å²) in [5.41, 5.74) is 8.11. The number of amides is 1. The van der Waals surface area contributed by atoms with Crippen LogP contribution in [0.15, 0.2) is 17.2 Å². The highest BCUT2D eigenvalue weighted by atomic mass is 32.1. The Morgan fingerprint density at radius 2 is 2.50 bits per heavy atom. The molecule has 0 saturated carbocycles. The van der Waals surface area contributed by atoms with E-state index in [9.17, 15) is 4.79 Å². The zero-order valence-electron chi connectivity index (χ0n) is 7.73. The maximum atomic E-state index is 11.3. The normalized spacial score (nSPS) is 9.21. The molecule has 0 saturated heterocycles. The van der Waals surface area contributed by atoms with Crippen LogP contribution in [0.2, 0.25) is 0 Å². The predicted octanol–water partition coefficient (Wildman–Crippen LogP) is 2.31. The summed E-state index contributed by atoms with van der Waals surface area (Å²) in [5.74, 6) is -0.0790. The maximum absolute atomic E-state index is 11.3. The van der Waals surface area contributed by atoms with Crippen molar-refractivity contribution in [3.63, 3.8) is 0 Å². The summed E-state index contributed by atoms with van der Waals surface area (Å²) in [4.78, 5) is 15.5. The maximum Gasteiger partial charge on any atom is 0.261 e. The van der Waals surface area contributed by atoms with Crippen molar-refractivity contribution in [1.82, 2.24) is 5.32 Å². The summed E-state index contributed by atoms with van der Waals surface area (Å²) in [6.07, 6.45) is 0. The molecule has 0 atom stereocenters. The smallest absolute Gasteiger partial charge is 0.261 e. The standard InChI is InChI=1S/C8H10N4OS/c1-2-10-8(13)7-4-3-6(14-7)5-11-12-9/h3-4H,2,5H2,1H3,(H,10,13). The molecule has 1 rings (SSSR count). The summed E-state index contributed by atoms with van der Waals surface area (Å²) in [6.45, 7) is 2.79. The first-order chi connectivity index (χ1) is 6.77. The van der Waals surface area contributed by atoms with Crippen LogP contribution in [0.1, 0.15) is 21.5 Å². The highest BCUT2D eigenvalue weighted by molar-refractivity contribution is 7.14. The van der Waals surface area contributed by atoms with E-state index in [1.165, 1.54) is 11.3 Å². The van der Waals surface area contributed by atoms with E-state index < -0.39 is 0 Å². The fourth-order valence-corrected chi connectivity index (χ4v) is 1.78. The predicted molar refractivity (Wildman–Crippen MR) is 55.2 cm³/mol. The fourth-order valence-electron chi connectivity index (χ4n) is 0.934. The molecular weight excluding hydrogens is 200 g/mol. The third kappa shape index (κ3) is 2.76. The van der Waals surface area contributed by atoms with Gasteiger partial charge in [0.05, 0.1) is 11.4 Å². The molecule has 14 heavy (non-hydrogen) atoms. The number of thiophene rings is 1. The average Bonchev–Trinajstić information content (AvgIpc) is 2.63. The van der Waals surface area contributed by atoms with E-state index in [0.29, 0.717) is 18.0 Å². The van der Waals surface area contributed by atoms with Crippen LogP contribution in [0.3, 0.4) is 0 Å². The molecule has 0 aliphatic heterocycles. The number of nitrogens with one attached hydrogen (secondary N) is 1. The molecule has 1 amide bonds. The first kappa shape index (κ1) is 10.6. The largest absolute Gasteiger partial charge is 0.352 e. The molecule has 6 heteroatoms. The van der Waals surface area contributed by atoms with Crippen molar-refractivity contribution >= 4 is 17.2 Å². The Morgan fingerprint density at radius 1 is 1.71 bits per heavy atom. The van der Waals surface area contributed by atoms with E-state index >= 15 is 0 Å². The molecule has 0 spiro atoms. The summed E-state index contributed by atoms with van der Waals surface area (Å²) >= 11 is 1.34. The van der Waals surface area contributed by atoms with E-state index in [2.05, 4.69) is 15.3 Å². The minimum absolute atomic E-state index is 0.0790. The molecule has 0 aromatic carbocycles. The van der Waals surface area contributed by atoms with Gasteiger partial charge in [-0.05, 0) is 24.6 Å². The Bertz CT molecular complexity index is 367. The van der Waals surface area contributed by atoms with Crippen molar-refractivity contribution in [1.29, 1.82) is 0 Å². The van der Waals surface area contributed by atoms with Crippen molar-refractivity contribution in [2.75, 3.05) is 6.54 Å². The molecule has 0 radical (unpaired) electrons. The van der Waals surface area contributed by atoms with Crippen molar-refractivity contribution in [3.8, 4) is 0 Å². The van der Waals surface area contributed by atoms with E-state index in [1.54, 1.807) is 12.1 Å². The quantitative estimate of drug-likeness (QED) is 0.462. The van der Waals surface area contributed by atoms with Crippen LogP contribution < -0.4 is 5.32 Å². The second-order valence-corrected chi connectivity index (χ2v) is 3.68. The minimum atomic E-state index is -0.0790. The van der Waals surface area contributed by atoms with Crippen molar-refractivity contribution < 1.29 is 4.79 Å². The van der Waals surface area contributed by atoms with Crippen LogP contribution in [0, 0.1) is 0 Å². The summed E-state index contributed by atoms with van der Waals surface area (Å²) in [5, 5.41) is 6.12. The molecular formula is C8H10N4OS. The van der Waals surface area contributed by atoms with Gasteiger partial charge in [0.25, 0.3) is 5.91 Å². The topological polar surface area (TPSA) is 77.9 Å². The number of nitrogens with zero attached hydrogens (tertiary/aromatic N) is 3. The molecule has 1 heterocycles. The lowest BCUT2D eigenvalue weighted by molar-refractivity contribution is 0.0960. The Balaban J connectivity index is 2.67. The van der Waals surface area contributed by atoms with Gasteiger partial charge in [0.2, 0.25) is 0 Å². The second kappa shape index (κ2) is 5.26. The molecule has 0 aliphatic rings. The van der Waals surface area contributed by atoms with Gasteiger partial charge in [0, 0.05) is 16.3 Å². The Hall–Kier alpha value is -1.52. The zero-order chi connectivity index (χ0) is 10.4. The fraction of sp³-hybridized carbons (Fsp3) is 0.375.